The van der Waals surface area contributed by atoms with Gasteiger partial charge in [0.25, 0.3) is 5.91 Å². The molecule has 0 unspecified atom stereocenters. The SMILES string of the molecule is Nc1ccccc1C(=O)N/N=C/c1cc2ccc1CCc1ccc(cc1)CC2. The summed E-state index contributed by atoms with van der Waals surface area (Å²) in [4.78, 5) is 12.3. The van der Waals surface area contributed by atoms with Gasteiger partial charge in [0.2, 0.25) is 0 Å². The number of hydrogen-bond donors (Lipinski definition) is 2. The number of benzene rings is 3. The van der Waals surface area contributed by atoms with Crippen LogP contribution in [0.5, 0.6) is 0 Å². The van der Waals surface area contributed by atoms with Crippen LogP contribution < -0.4 is 11.2 Å². The molecule has 4 heteroatoms. The van der Waals surface area contributed by atoms with E-state index in [0.29, 0.717) is 11.3 Å². The van der Waals surface area contributed by atoms with Gasteiger partial charge >= 0.3 is 0 Å². The number of carbonyl (C=O) groups is 1. The number of nitrogens with zero attached hydrogens (tertiary/aromatic N) is 1. The van der Waals surface area contributed by atoms with Crippen molar-refractivity contribution in [1.82, 2.24) is 5.43 Å². The van der Waals surface area contributed by atoms with Gasteiger partial charge in [0.15, 0.2) is 0 Å². The fourth-order valence-corrected chi connectivity index (χ4v) is 3.51. The van der Waals surface area contributed by atoms with Crippen molar-refractivity contribution >= 4 is 17.8 Å². The van der Waals surface area contributed by atoms with E-state index in [0.717, 1.165) is 31.2 Å². The van der Waals surface area contributed by atoms with E-state index < -0.39 is 0 Å². The number of nitrogen functional groups attached to an aromatic ring is 1. The number of nitrogens with one attached hydrogen (secondary N) is 1. The molecule has 28 heavy (non-hydrogen) atoms. The monoisotopic (exact) mass is 369 g/mol. The summed E-state index contributed by atoms with van der Waals surface area (Å²) in [6.45, 7) is 0. The van der Waals surface area contributed by atoms with E-state index in [-0.39, 0.29) is 5.91 Å². The molecule has 0 fully saturated rings. The fraction of sp³-hybridized carbons (Fsp3) is 0.167. The van der Waals surface area contributed by atoms with Gasteiger partial charge in [0.05, 0.1) is 11.8 Å². The summed E-state index contributed by atoms with van der Waals surface area (Å²) in [5, 5.41) is 4.19. The summed E-state index contributed by atoms with van der Waals surface area (Å²) in [5.74, 6) is -0.305. The normalized spacial score (nSPS) is 13.3. The summed E-state index contributed by atoms with van der Waals surface area (Å²) < 4.78 is 0. The lowest BCUT2D eigenvalue weighted by Gasteiger charge is -2.12. The molecule has 0 saturated heterocycles. The molecule has 1 amide bonds. The number of nitrogens with two attached hydrogens (primary N) is 1. The predicted molar refractivity (Wildman–Crippen MR) is 114 cm³/mol. The Hall–Kier alpha value is -3.40. The van der Waals surface area contributed by atoms with Crippen LogP contribution in [0.2, 0.25) is 0 Å². The van der Waals surface area contributed by atoms with Crippen molar-refractivity contribution in [2.24, 2.45) is 5.10 Å². The minimum Gasteiger partial charge on any atom is -0.398 e. The van der Waals surface area contributed by atoms with Crippen molar-refractivity contribution in [3.63, 3.8) is 0 Å². The summed E-state index contributed by atoms with van der Waals surface area (Å²) in [6.07, 6.45) is 5.64. The molecule has 3 aromatic rings. The highest BCUT2D eigenvalue weighted by molar-refractivity contribution is 5.99. The maximum absolute atomic E-state index is 12.3. The first-order valence-corrected chi connectivity index (χ1v) is 9.56. The summed E-state index contributed by atoms with van der Waals surface area (Å²) in [5.41, 5.74) is 15.6. The van der Waals surface area contributed by atoms with Gasteiger partial charge in [-0.25, -0.2) is 5.43 Å². The topological polar surface area (TPSA) is 67.5 Å². The lowest BCUT2D eigenvalue weighted by atomic mass is 9.94. The third kappa shape index (κ3) is 4.12. The van der Waals surface area contributed by atoms with E-state index in [1.54, 1.807) is 30.5 Å². The Morgan fingerprint density at radius 3 is 2.25 bits per heavy atom. The standard InChI is InChI=1S/C24H23N3O/c25-23-4-2-1-3-22(23)24(28)27-26-16-21-15-19-10-9-17-5-7-18(8-6-17)11-13-20(21)14-12-19/h1-8,12,14-16H,9-11,13,25H2,(H,27,28)/b26-16+. The predicted octanol–water partition coefficient (Wildman–Crippen LogP) is 3.92. The second-order valence-electron chi connectivity index (χ2n) is 7.14. The lowest BCUT2D eigenvalue weighted by molar-refractivity contribution is 0.0956. The largest absolute Gasteiger partial charge is 0.398 e. The molecule has 0 atom stereocenters. The van der Waals surface area contributed by atoms with Gasteiger partial charge in [0.1, 0.15) is 0 Å². The van der Waals surface area contributed by atoms with Gasteiger partial charge in [-0.3, -0.25) is 4.79 Å². The summed E-state index contributed by atoms with van der Waals surface area (Å²) in [7, 11) is 0. The van der Waals surface area contributed by atoms with Gasteiger partial charge in [-0.15, -0.1) is 0 Å². The van der Waals surface area contributed by atoms with Gasteiger partial charge in [-0.1, -0.05) is 48.5 Å². The molecule has 4 aliphatic rings. The first-order chi connectivity index (χ1) is 13.7. The second kappa shape index (κ2) is 8.09. The molecule has 4 bridgehead atoms. The van der Waals surface area contributed by atoms with Crippen LogP contribution in [-0.4, -0.2) is 12.1 Å². The quantitative estimate of drug-likeness (QED) is 0.417. The maximum Gasteiger partial charge on any atom is 0.273 e. The molecule has 3 N–H and O–H groups in total. The van der Waals surface area contributed by atoms with Crippen molar-refractivity contribution in [3.05, 3.63) is 100 Å². The molecule has 0 radical (unpaired) electrons. The second-order valence-corrected chi connectivity index (χ2v) is 7.14. The molecule has 0 heterocycles. The fourth-order valence-electron chi connectivity index (χ4n) is 3.51. The van der Waals surface area contributed by atoms with Crippen molar-refractivity contribution in [2.45, 2.75) is 25.7 Å². The number of carbonyl (C=O) groups excluding carboxylic acids is 1. The van der Waals surface area contributed by atoms with Crippen molar-refractivity contribution < 1.29 is 4.79 Å². The van der Waals surface area contributed by atoms with Crippen LogP contribution in [-0.2, 0) is 25.7 Å². The lowest BCUT2D eigenvalue weighted by Crippen LogP contribution is -2.19. The van der Waals surface area contributed by atoms with E-state index in [1.165, 1.54) is 22.3 Å². The Balaban J connectivity index is 1.54. The summed E-state index contributed by atoms with van der Waals surface area (Å²) in [6, 6.07) is 22.5. The maximum atomic E-state index is 12.3. The Bertz CT molecular complexity index is 1020. The van der Waals surface area contributed by atoms with Crippen LogP contribution in [0, 0.1) is 0 Å². The average molecular weight is 369 g/mol. The molecule has 7 rings (SSSR count). The van der Waals surface area contributed by atoms with Gasteiger partial charge in [-0.05, 0) is 71.7 Å². The van der Waals surface area contributed by atoms with Crippen molar-refractivity contribution in [2.75, 3.05) is 5.73 Å². The molecule has 0 aliphatic heterocycles. The van der Waals surface area contributed by atoms with Crippen LogP contribution >= 0.6 is 0 Å². The number of anilines is 1. The summed E-state index contributed by atoms with van der Waals surface area (Å²) >= 11 is 0. The highest BCUT2D eigenvalue weighted by atomic mass is 16.2. The minimum atomic E-state index is -0.305. The average Bonchev–Trinajstić information content (AvgIpc) is 2.71. The van der Waals surface area contributed by atoms with Crippen molar-refractivity contribution in [3.8, 4) is 0 Å². The Morgan fingerprint density at radius 1 is 0.857 bits per heavy atom. The number of rotatable bonds is 3. The van der Waals surface area contributed by atoms with Crippen LogP contribution in [0.1, 0.15) is 38.2 Å². The van der Waals surface area contributed by atoms with Gasteiger partial charge < -0.3 is 5.73 Å². The first-order valence-electron chi connectivity index (χ1n) is 9.56. The number of amides is 1. The minimum absolute atomic E-state index is 0.305. The Labute approximate surface area is 165 Å². The molecular weight excluding hydrogens is 346 g/mol. The zero-order valence-electron chi connectivity index (χ0n) is 15.7. The van der Waals surface area contributed by atoms with E-state index in [4.69, 9.17) is 5.73 Å². The van der Waals surface area contributed by atoms with E-state index in [1.807, 2.05) is 0 Å². The zero-order chi connectivity index (χ0) is 19.3. The number of hydrogen-bond acceptors (Lipinski definition) is 3. The third-order valence-electron chi connectivity index (χ3n) is 5.19. The van der Waals surface area contributed by atoms with Gasteiger partial charge in [-0.2, -0.15) is 5.10 Å². The molecule has 140 valence electrons. The first kappa shape index (κ1) is 18.0. The van der Waals surface area contributed by atoms with Crippen LogP contribution in [0.15, 0.2) is 71.8 Å². The molecule has 4 aliphatic carbocycles. The number of aryl methyl sites for hydroxylation is 4. The molecule has 4 nitrogen and oxygen atoms in total. The van der Waals surface area contributed by atoms with Gasteiger partial charge in [0, 0.05) is 5.69 Å². The van der Waals surface area contributed by atoms with Crippen LogP contribution in [0.3, 0.4) is 0 Å². The van der Waals surface area contributed by atoms with E-state index in [9.17, 15) is 4.79 Å². The molecule has 3 aromatic carbocycles. The smallest absolute Gasteiger partial charge is 0.273 e. The number of para-hydroxylation sites is 1. The molecular formula is C24H23N3O. The van der Waals surface area contributed by atoms with E-state index in [2.05, 4.69) is 53.0 Å². The van der Waals surface area contributed by atoms with Crippen LogP contribution in [0.25, 0.3) is 0 Å². The molecule has 0 saturated carbocycles. The highest BCUT2D eigenvalue weighted by Gasteiger charge is 2.09. The molecule has 0 aromatic heterocycles. The highest BCUT2D eigenvalue weighted by Crippen LogP contribution is 2.18. The Kier molecular flexibility index (Phi) is 5.20. The number of hydrazone groups is 1. The zero-order valence-corrected chi connectivity index (χ0v) is 15.7. The van der Waals surface area contributed by atoms with Crippen LogP contribution in [0.4, 0.5) is 5.69 Å². The molecule has 0 spiro atoms. The van der Waals surface area contributed by atoms with E-state index >= 15 is 0 Å². The third-order valence-corrected chi connectivity index (χ3v) is 5.19. The van der Waals surface area contributed by atoms with Crippen molar-refractivity contribution in [1.29, 1.82) is 0 Å². The Morgan fingerprint density at radius 2 is 1.50 bits per heavy atom.